The van der Waals surface area contributed by atoms with Crippen molar-refractivity contribution in [2.45, 2.75) is 49.5 Å². The van der Waals surface area contributed by atoms with Gasteiger partial charge in [-0.3, -0.25) is 9.78 Å². The van der Waals surface area contributed by atoms with Gasteiger partial charge in [-0.1, -0.05) is 6.07 Å². The molecule has 2 aliphatic rings. The SMILES string of the molecule is O=C(c1ccc(SCCCc2cccnc2)cc1)N1CCCC1CN1CCCC1. The van der Waals surface area contributed by atoms with Crippen LogP contribution in [0.4, 0.5) is 0 Å². The number of hydrogen-bond acceptors (Lipinski definition) is 4. The number of likely N-dealkylation sites (tertiary alicyclic amines) is 2. The quantitative estimate of drug-likeness (QED) is 0.475. The maximum Gasteiger partial charge on any atom is 0.254 e. The van der Waals surface area contributed by atoms with Crippen molar-refractivity contribution in [1.29, 1.82) is 0 Å². The fourth-order valence-corrected chi connectivity index (χ4v) is 5.28. The summed E-state index contributed by atoms with van der Waals surface area (Å²) in [5, 5.41) is 0. The minimum Gasteiger partial charge on any atom is -0.334 e. The van der Waals surface area contributed by atoms with Crippen LogP contribution in [0, 0.1) is 0 Å². The number of aryl methyl sites for hydroxylation is 1. The summed E-state index contributed by atoms with van der Waals surface area (Å²) in [6.07, 6.45) is 10.8. The molecule has 154 valence electrons. The third-order valence-corrected chi connectivity index (χ3v) is 7.11. The van der Waals surface area contributed by atoms with Gasteiger partial charge >= 0.3 is 0 Å². The first-order valence-corrected chi connectivity index (χ1v) is 11.9. The molecule has 1 unspecified atom stereocenters. The van der Waals surface area contributed by atoms with Crippen molar-refractivity contribution in [3.05, 3.63) is 59.9 Å². The first-order valence-electron chi connectivity index (χ1n) is 10.9. The molecule has 2 aliphatic heterocycles. The number of pyridine rings is 1. The van der Waals surface area contributed by atoms with Gasteiger partial charge in [0.15, 0.2) is 0 Å². The van der Waals surface area contributed by atoms with E-state index in [9.17, 15) is 4.79 Å². The van der Waals surface area contributed by atoms with Crippen LogP contribution >= 0.6 is 11.8 Å². The molecule has 0 spiro atoms. The Balaban J connectivity index is 1.26. The number of nitrogens with zero attached hydrogens (tertiary/aromatic N) is 3. The average molecular weight is 410 g/mol. The van der Waals surface area contributed by atoms with Gasteiger partial charge in [0.2, 0.25) is 0 Å². The Labute approximate surface area is 178 Å². The number of thioether (sulfide) groups is 1. The van der Waals surface area contributed by atoms with Crippen molar-refractivity contribution in [3.8, 4) is 0 Å². The van der Waals surface area contributed by atoms with Gasteiger partial charge in [0, 0.05) is 42.0 Å². The number of aromatic nitrogens is 1. The van der Waals surface area contributed by atoms with Crippen molar-refractivity contribution in [2.75, 3.05) is 31.9 Å². The van der Waals surface area contributed by atoms with Crippen LogP contribution in [0.25, 0.3) is 0 Å². The summed E-state index contributed by atoms with van der Waals surface area (Å²) in [5.41, 5.74) is 2.13. The molecule has 1 atom stereocenters. The van der Waals surface area contributed by atoms with Gasteiger partial charge in [-0.15, -0.1) is 11.8 Å². The number of hydrogen-bond donors (Lipinski definition) is 0. The lowest BCUT2D eigenvalue weighted by Gasteiger charge is -2.28. The Kier molecular flexibility index (Phi) is 7.23. The first kappa shape index (κ1) is 20.4. The molecular formula is C24H31N3OS. The molecule has 29 heavy (non-hydrogen) atoms. The largest absolute Gasteiger partial charge is 0.334 e. The number of rotatable bonds is 8. The van der Waals surface area contributed by atoms with Gasteiger partial charge < -0.3 is 9.80 Å². The molecule has 4 nitrogen and oxygen atoms in total. The van der Waals surface area contributed by atoms with Gasteiger partial charge in [0.1, 0.15) is 0 Å². The highest BCUT2D eigenvalue weighted by molar-refractivity contribution is 7.99. The van der Waals surface area contributed by atoms with E-state index in [-0.39, 0.29) is 5.91 Å². The topological polar surface area (TPSA) is 36.4 Å². The van der Waals surface area contributed by atoms with Crippen molar-refractivity contribution >= 4 is 17.7 Å². The van der Waals surface area contributed by atoms with E-state index in [4.69, 9.17) is 0 Å². The summed E-state index contributed by atoms with van der Waals surface area (Å²) >= 11 is 1.86. The van der Waals surface area contributed by atoms with Gasteiger partial charge in [-0.05, 0) is 93.3 Å². The second kappa shape index (κ2) is 10.3. The van der Waals surface area contributed by atoms with Crippen molar-refractivity contribution in [2.24, 2.45) is 0 Å². The summed E-state index contributed by atoms with van der Waals surface area (Å²) in [5.74, 6) is 1.28. The molecule has 0 aliphatic carbocycles. The highest BCUT2D eigenvalue weighted by Crippen LogP contribution is 2.24. The predicted octanol–water partition coefficient (Wildman–Crippen LogP) is 4.51. The average Bonchev–Trinajstić information content (AvgIpc) is 3.44. The molecule has 0 bridgehead atoms. The predicted molar refractivity (Wildman–Crippen MR) is 119 cm³/mol. The van der Waals surface area contributed by atoms with Crippen LogP contribution in [0.1, 0.15) is 48.0 Å². The summed E-state index contributed by atoms with van der Waals surface area (Å²) in [4.78, 5) is 23.1. The molecule has 1 aromatic heterocycles. The zero-order valence-corrected chi connectivity index (χ0v) is 17.9. The van der Waals surface area contributed by atoms with E-state index in [0.717, 1.165) is 50.1 Å². The van der Waals surface area contributed by atoms with Gasteiger partial charge in [0.05, 0.1) is 0 Å². The van der Waals surface area contributed by atoms with Crippen LogP contribution in [0.2, 0.25) is 0 Å². The molecule has 4 rings (SSSR count). The minimum atomic E-state index is 0.208. The van der Waals surface area contributed by atoms with E-state index in [1.165, 1.54) is 36.4 Å². The summed E-state index contributed by atoms with van der Waals surface area (Å²) in [6.45, 7) is 4.36. The van der Waals surface area contributed by atoms with Crippen molar-refractivity contribution < 1.29 is 4.79 Å². The summed E-state index contributed by atoms with van der Waals surface area (Å²) in [7, 11) is 0. The lowest BCUT2D eigenvalue weighted by Crippen LogP contribution is -2.42. The third-order valence-electron chi connectivity index (χ3n) is 6.01. The van der Waals surface area contributed by atoms with E-state index in [2.05, 4.69) is 33.0 Å². The van der Waals surface area contributed by atoms with Crippen LogP contribution in [0.5, 0.6) is 0 Å². The molecule has 2 aromatic rings. The Morgan fingerprint density at radius 3 is 2.66 bits per heavy atom. The van der Waals surface area contributed by atoms with Crippen LogP contribution in [0.3, 0.4) is 0 Å². The monoisotopic (exact) mass is 409 g/mol. The fourth-order valence-electron chi connectivity index (χ4n) is 4.43. The maximum absolute atomic E-state index is 13.1. The number of benzene rings is 1. The fraction of sp³-hybridized carbons (Fsp3) is 0.500. The molecule has 1 aromatic carbocycles. The Bertz CT molecular complexity index is 774. The van der Waals surface area contributed by atoms with Crippen LogP contribution in [-0.4, -0.2) is 58.7 Å². The molecule has 0 N–H and O–H groups in total. The van der Waals surface area contributed by atoms with Gasteiger partial charge in [-0.25, -0.2) is 0 Å². The van der Waals surface area contributed by atoms with Crippen LogP contribution < -0.4 is 0 Å². The number of carbonyl (C=O) groups excluding carboxylic acids is 1. The molecular weight excluding hydrogens is 378 g/mol. The lowest BCUT2D eigenvalue weighted by molar-refractivity contribution is 0.0708. The standard InChI is InChI=1S/C24H31N3OS/c28-24(27-16-4-8-22(27)19-26-14-1-2-15-26)21-9-11-23(12-10-21)29-17-5-7-20-6-3-13-25-18-20/h3,6,9-13,18,22H,1-2,4-5,7-8,14-17,19H2. The van der Waals surface area contributed by atoms with E-state index in [1.54, 1.807) is 0 Å². The number of amides is 1. The molecule has 1 amide bonds. The molecule has 3 heterocycles. The minimum absolute atomic E-state index is 0.208. The van der Waals surface area contributed by atoms with Crippen molar-refractivity contribution in [3.63, 3.8) is 0 Å². The molecule has 2 saturated heterocycles. The highest BCUT2D eigenvalue weighted by atomic mass is 32.2. The summed E-state index contributed by atoms with van der Waals surface area (Å²) in [6, 6.07) is 12.7. The second-order valence-electron chi connectivity index (χ2n) is 8.14. The van der Waals surface area contributed by atoms with E-state index in [0.29, 0.717) is 6.04 Å². The van der Waals surface area contributed by atoms with Gasteiger partial charge in [0.25, 0.3) is 5.91 Å². The van der Waals surface area contributed by atoms with E-state index < -0.39 is 0 Å². The maximum atomic E-state index is 13.1. The van der Waals surface area contributed by atoms with E-state index in [1.807, 2.05) is 42.4 Å². The van der Waals surface area contributed by atoms with Crippen molar-refractivity contribution in [1.82, 2.24) is 14.8 Å². The molecule has 0 saturated carbocycles. The number of carbonyl (C=O) groups is 1. The normalized spacial score (nSPS) is 19.7. The van der Waals surface area contributed by atoms with Crippen LogP contribution in [-0.2, 0) is 6.42 Å². The zero-order chi connectivity index (χ0) is 19.9. The Morgan fingerprint density at radius 2 is 1.90 bits per heavy atom. The third kappa shape index (κ3) is 5.61. The summed E-state index contributed by atoms with van der Waals surface area (Å²) < 4.78 is 0. The Morgan fingerprint density at radius 1 is 1.07 bits per heavy atom. The Hall–Kier alpha value is -1.85. The van der Waals surface area contributed by atoms with E-state index >= 15 is 0 Å². The lowest BCUT2D eigenvalue weighted by atomic mass is 10.1. The van der Waals surface area contributed by atoms with Gasteiger partial charge in [-0.2, -0.15) is 0 Å². The van der Waals surface area contributed by atoms with Crippen LogP contribution in [0.15, 0.2) is 53.7 Å². The smallest absolute Gasteiger partial charge is 0.254 e. The second-order valence-corrected chi connectivity index (χ2v) is 9.31. The molecule has 2 fully saturated rings. The highest BCUT2D eigenvalue weighted by Gasteiger charge is 2.31. The molecule has 5 heteroatoms. The molecule has 0 radical (unpaired) electrons. The first-order chi connectivity index (χ1) is 14.3. The zero-order valence-electron chi connectivity index (χ0n) is 17.1.